The summed E-state index contributed by atoms with van der Waals surface area (Å²) in [6, 6.07) is 4.17. The fraction of sp³-hybridized carbons (Fsp3) is 0.647. The van der Waals surface area contributed by atoms with Gasteiger partial charge < -0.3 is 9.84 Å². The van der Waals surface area contributed by atoms with Crippen LogP contribution in [0.25, 0.3) is 0 Å². The summed E-state index contributed by atoms with van der Waals surface area (Å²) in [4.78, 5) is 0. The smallest absolute Gasteiger partial charge is 0.122 e. The summed E-state index contributed by atoms with van der Waals surface area (Å²) in [5.41, 5.74) is 2.69. The predicted octanol–water partition coefficient (Wildman–Crippen LogP) is 4.10. The van der Waals surface area contributed by atoms with Gasteiger partial charge in [-0.1, -0.05) is 13.3 Å². The summed E-state index contributed by atoms with van der Waals surface area (Å²) >= 11 is 0. The van der Waals surface area contributed by atoms with Gasteiger partial charge in [-0.3, -0.25) is 0 Å². The van der Waals surface area contributed by atoms with Gasteiger partial charge in [-0.2, -0.15) is 0 Å². The van der Waals surface area contributed by atoms with Crippen LogP contribution in [-0.2, 0) is 5.60 Å². The van der Waals surface area contributed by atoms with Crippen LogP contribution in [-0.4, -0.2) is 12.2 Å². The minimum Gasteiger partial charge on any atom is -0.496 e. The van der Waals surface area contributed by atoms with Crippen LogP contribution in [0.2, 0.25) is 0 Å². The molecule has 2 nitrogen and oxygen atoms in total. The molecule has 0 aliphatic heterocycles. The number of benzene rings is 1. The third-order valence-corrected chi connectivity index (χ3v) is 4.58. The summed E-state index contributed by atoms with van der Waals surface area (Å²) in [5.74, 6) is 1.64. The van der Waals surface area contributed by atoms with E-state index < -0.39 is 5.60 Å². The number of rotatable bonds is 2. The Morgan fingerprint density at radius 3 is 2.58 bits per heavy atom. The molecule has 0 bridgehead atoms. The molecule has 1 fully saturated rings. The molecule has 2 heteroatoms. The number of ether oxygens (including phenoxy) is 1. The van der Waals surface area contributed by atoms with Crippen molar-refractivity contribution < 1.29 is 9.84 Å². The van der Waals surface area contributed by atoms with E-state index in [1.165, 1.54) is 6.42 Å². The molecular weight excluding hydrogens is 236 g/mol. The highest BCUT2D eigenvalue weighted by Gasteiger charge is 2.33. The van der Waals surface area contributed by atoms with Crippen molar-refractivity contribution in [2.75, 3.05) is 7.11 Å². The maximum atomic E-state index is 11.1. The minimum absolute atomic E-state index is 0.647. The molecule has 0 heterocycles. The van der Waals surface area contributed by atoms with E-state index in [2.05, 4.69) is 26.0 Å². The molecule has 2 unspecified atom stereocenters. The van der Waals surface area contributed by atoms with Gasteiger partial charge in [0.25, 0.3) is 0 Å². The minimum atomic E-state index is -0.647. The first-order chi connectivity index (χ1) is 8.96. The average molecular weight is 262 g/mol. The second kappa shape index (κ2) is 5.54. The Morgan fingerprint density at radius 2 is 1.89 bits per heavy atom. The van der Waals surface area contributed by atoms with E-state index in [0.717, 1.165) is 54.0 Å². The molecular formula is C17H26O2. The highest BCUT2D eigenvalue weighted by molar-refractivity contribution is 5.44. The van der Waals surface area contributed by atoms with Gasteiger partial charge in [0.2, 0.25) is 0 Å². The zero-order valence-corrected chi connectivity index (χ0v) is 12.6. The molecule has 106 valence electrons. The van der Waals surface area contributed by atoms with Gasteiger partial charge in [-0.15, -0.1) is 0 Å². The third kappa shape index (κ3) is 2.94. The number of hydrogen-bond donors (Lipinski definition) is 1. The normalized spacial score (nSPS) is 27.9. The summed E-state index contributed by atoms with van der Waals surface area (Å²) in [7, 11) is 1.70. The number of aliphatic hydroxyl groups is 1. The first-order valence-corrected chi connectivity index (χ1v) is 7.34. The van der Waals surface area contributed by atoms with Crippen LogP contribution >= 0.6 is 0 Å². The van der Waals surface area contributed by atoms with Gasteiger partial charge in [-0.05, 0) is 74.3 Å². The molecule has 2 rings (SSSR count). The lowest BCUT2D eigenvalue weighted by molar-refractivity contribution is 0.0191. The van der Waals surface area contributed by atoms with Gasteiger partial charge in [0.15, 0.2) is 0 Å². The molecule has 0 radical (unpaired) electrons. The lowest BCUT2D eigenvalue weighted by atomic mass is 9.83. The highest BCUT2D eigenvalue weighted by atomic mass is 16.5. The van der Waals surface area contributed by atoms with E-state index in [4.69, 9.17) is 4.74 Å². The number of hydrogen-bond acceptors (Lipinski definition) is 2. The molecule has 0 saturated heterocycles. The molecule has 1 aliphatic carbocycles. The lowest BCUT2D eigenvalue weighted by Gasteiger charge is -2.30. The number of methoxy groups -OCH3 is 1. The Balaban J connectivity index is 2.37. The lowest BCUT2D eigenvalue weighted by Crippen LogP contribution is -2.26. The van der Waals surface area contributed by atoms with Crippen LogP contribution in [0.1, 0.15) is 55.7 Å². The molecule has 1 aliphatic rings. The van der Waals surface area contributed by atoms with E-state index in [-0.39, 0.29) is 0 Å². The molecule has 19 heavy (non-hydrogen) atoms. The second-order valence-electron chi connectivity index (χ2n) is 6.20. The topological polar surface area (TPSA) is 29.5 Å². The molecule has 1 aromatic rings. The van der Waals surface area contributed by atoms with Crippen LogP contribution in [0.15, 0.2) is 12.1 Å². The van der Waals surface area contributed by atoms with Crippen LogP contribution in [0, 0.1) is 19.8 Å². The second-order valence-corrected chi connectivity index (χ2v) is 6.20. The van der Waals surface area contributed by atoms with E-state index >= 15 is 0 Å². The van der Waals surface area contributed by atoms with Crippen molar-refractivity contribution in [2.45, 2.75) is 58.5 Å². The Hall–Kier alpha value is -1.02. The standard InChI is InChI=1S/C17H26O2/c1-12-6-5-8-17(18,9-7-12)15-10-14(3)16(19-4)11-13(15)2/h10-12,18H,5-9H2,1-4H3. The first-order valence-electron chi connectivity index (χ1n) is 7.34. The maximum Gasteiger partial charge on any atom is 0.122 e. The van der Waals surface area contributed by atoms with Crippen LogP contribution in [0.5, 0.6) is 5.75 Å². The maximum absolute atomic E-state index is 11.1. The highest BCUT2D eigenvalue weighted by Crippen LogP contribution is 2.40. The van der Waals surface area contributed by atoms with E-state index in [1.54, 1.807) is 7.11 Å². The monoisotopic (exact) mass is 262 g/mol. The van der Waals surface area contributed by atoms with Crippen molar-refractivity contribution >= 4 is 0 Å². The molecule has 1 saturated carbocycles. The van der Waals surface area contributed by atoms with Crippen molar-refractivity contribution in [1.82, 2.24) is 0 Å². The summed E-state index contributed by atoms with van der Waals surface area (Å²) in [6.45, 7) is 6.41. The van der Waals surface area contributed by atoms with Crippen molar-refractivity contribution in [3.8, 4) is 5.75 Å². The van der Waals surface area contributed by atoms with Gasteiger partial charge in [0, 0.05) is 0 Å². The van der Waals surface area contributed by atoms with E-state index in [1.807, 2.05) is 6.92 Å². The Bertz CT molecular complexity index is 453. The predicted molar refractivity (Wildman–Crippen MR) is 78.6 cm³/mol. The summed E-state index contributed by atoms with van der Waals surface area (Å²) in [6.07, 6.45) is 5.21. The van der Waals surface area contributed by atoms with Gasteiger partial charge in [-0.25, -0.2) is 0 Å². The zero-order valence-electron chi connectivity index (χ0n) is 12.6. The molecule has 0 amide bonds. The van der Waals surface area contributed by atoms with Crippen LogP contribution in [0.3, 0.4) is 0 Å². The average Bonchev–Trinajstić information content (AvgIpc) is 2.55. The van der Waals surface area contributed by atoms with Gasteiger partial charge in [0.1, 0.15) is 5.75 Å². The Kier molecular flexibility index (Phi) is 4.19. The molecule has 1 N–H and O–H groups in total. The summed E-state index contributed by atoms with van der Waals surface area (Å²) < 4.78 is 5.36. The zero-order chi connectivity index (χ0) is 14.0. The van der Waals surface area contributed by atoms with Crippen LogP contribution < -0.4 is 4.74 Å². The first kappa shape index (κ1) is 14.4. The van der Waals surface area contributed by atoms with Gasteiger partial charge in [0.05, 0.1) is 12.7 Å². The number of aryl methyl sites for hydroxylation is 2. The van der Waals surface area contributed by atoms with Crippen LogP contribution in [0.4, 0.5) is 0 Å². The molecule has 1 aromatic carbocycles. The fourth-order valence-corrected chi connectivity index (χ4v) is 3.28. The quantitative estimate of drug-likeness (QED) is 0.813. The van der Waals surface area contributed by atoms with Gasteiger partial charge >= 0.3 is 0 Å². The molecule has 0 spiro atoms. The third-order valence-electron chi connectivity index (χ3n) is 4.58. The molecule has 0 aromatic heterocycles. The van der Waals surface area contributed by atoms with Crippen molar-refractivity contribution in [3.63, 3.8) is 0 Å². The SMILES string of the molecule is COc1cc(C)c(C2(O)CCCC(C)CC2)cc1C. The molecule has 2 atom stereocenters. The fourth-order valence-electron chi connectivity index (χ4n) is 3.28. The Labute approximate surface area is 116 Å². The van der Waals surface area contributed by atoms with E-state index in [9.17, 15) is 5.11 Å². The summed E-state index contributed by atoms with van der Waals surface area (Å²) in [5, 5.41) is 11.1. The van der Waals surface area contributed by atoms with E-state index in [0.29, 0.717) is 0 Å². The Morgan fingerprint density at radius 1 is 1.16 bits per heavy atom. The van der Waals surface area contributed by atoms with Crippen molar-refractivity contribution in [1.29, 1.82) is 0 Å². The largest absolute Gasteiger partial charge is 0.496 e. The van der Waals surface area contributed by atoms with Crippen molar-refractivity contribution in [3.05, 3.63) is 28.8 Å². The van der Waals surface area contributed by atoms with Crippen molar-refractivity contribution in [2.24, 2.45) is 5.92 Å².